The zero-order chi connectivity index (χ0) is 12.8. The van der Waals surface area contributed by atoms with Gasteiger partial charge in [-0.3, -0.25) is 4.79 Å². The van der Waals surface area contributed by atoms with Crippen LogP contribution in [0.2, 0.25) is 0 Å². The minimum absolute atomic E-state index is 0.0181. The summed E-state index contributed by atoms with van der Waals surface area (Å²) < 4.78 is 16.1. The third kappa shape index (κ3) is 3.70. The van der Waals surface area contributed by atoms with Crippen LogP contribution >= 0.6 is 11.8 Å². The maximum atomic E-state index is 12.1. The van der Waals surface area contributed by atoms with E-state index in [0.717, 1.165) is 37.4 Å². The van der Waals surface area contributed by atoms with Gasteiger partial charge < -0.3 is 14.2 Å². The maximum Gasteiger partial charge on any atom is 0.161 e. The first-order valence-corrected chi connectivity index (χ1v) is 7.72. The first-order valence-electron chi connectivity index (χ1n) is 6.57. The summed E-state index contributed by atoms with van der Waals surface area (Å²) in [6.07, 6.45) is 2.82. The van der Waals surface area contributed by atoms with E-state index < -0.39 is 0 Å². The Morgan fingerprint density at radius 3 is 3.11 bits per heavy atom. The van der Waals surface area contributed by atoms with Crippen LogP contribution in [-0.2, 0) is 19.0 Å². The average molecular weight is 274 g/mol. The van der Waals surface area contributed by atoms with Gasteiger partial charge in [-0.2, -0.15) is 11.8 Å². The molecule has 0 bridgehead atoms. The summed E-state index contributed by atoms with van der Waals surface area (Å²) >= 11 is 1.93. The molecule has 4 nitrogen and oxygen atoms in total. The van der Waals surface area contributed by atoms with Crippen molar-refractivity contribution in [2.24, 2.45) is 5.92 Å². The van der Waals surface area contributed by atoms with Crippen molar-refractivity contribution in [3.05, 3.63) is 0 Å². The van der Waals surface area contributed by atoms with E-state index in [1.807, 2.05) is 11.8 Å². The maximum absolute atomic E-state index is 12.1. The monoisotopic (exact) mass is 274 g/mol. The third-order valence-electron chi connectivity index (χ3n) is 3.69. The lowest BCUT2D eigenvalue weighted by Gasteiger charge is -2.37. The predicted octanol–water partition coefficient (Wildman–Crippen LogP) is 1.52. The molecule has 0 N–H and O–H groups in total. The number of methoxy groups -OCH3 is 1. The molecule has 1 spiro atoms. The highest BCUT2D eigenvalue weighted by Gasteiger charge is 2.42. The number of rotatable bonds is 6. The fourth-order valence-corrected chi connectivity index (χ4v) is 3.98. The third-order valence-corrected chi connectivity index (χ3v) is 4.91. The van der Waals surface area contributed by atoms with E-state index >= 15 is 0 Å². The van der Waals surface area contributed by atoms with E-state index in [2.05, 4.69) is 0 Å². The Kier molecular flexibility index (Phi) is 5.48. The summed E-state index contributed by atoms with van der Waals surface area (Å²) in [7, 11) is 1.63. The lowest BCUT2D eigenvalue weighted by Crippen LogP contribution is -2.42. The molecule has 2 saturated heterocycles. The molecule has 0 aromatic rings. The smallest absolute Gasteiger partial charge is 0.161 e. The largest absolute Gasteiger partial charge is 0.382 e. The SMILES string of the molecule is COCCOCC(=O)C1CCOC2(CCSC2)C1. The van der Waals surface area contributed by atoms with Gasteiger partial charge >= 0.3 is 0 Å². The van der Waals surface area contributed by atoms with E-state index in [0.29, 0.717) is 13.2 Å². The Hall–Kier alpha value is -0.100. The summed E-state index contributed by atoms with van der Waals surface area (Å²) in [4.78, 5) is 12.1. The van der Waals surface area contributed by atoms with Crippen LogP contribution in [0, 0.1) is 5.92 Å². The van der Waals surface area contributed by atoms with Crippen LogP contribution < -0.4 is 0 Å². The molecule has 2 unspecified atom stereocenters. The molecule has 0 amide bonds. The molecular formula is C13H22O4S. The summed E-state index contributed by atoms with van der Waals surface area (Å²) in [5.74, 6) is 2.55. The van der Waals surface area contributed by atoms with Crippen LogP contribution in [0.5, 0.6) is 0 Å². The van der Waals surface area contributed by atoms with Crippen molar-refractivity contribution in [2.45, 2.75) is 24.9 Å². The van der Waals surface area contributed by atoms with Crippen molar-refractivity contribution in [2.75, 3.05) is 45.0 Å². The Labute approximate surface area is 113 Å². The molecule has 104 valence electrons. The van der Waals surface area contributed by atoms with Gasteiger partial charge in [-0.15, -0.1) is 0 Å². The van der Waals surface area contributed by atoms with Gasteiger partial charge in [-0.1, -0.05) is 0 Å². The molecule has 0 aliphatic carbocycles. The normalized spacial score (nSPS) is 31.9. The van der Waals surface area contributed by atoms with Gasteiger partial charge in [0.2, 0.25) is 0 Å². The number of carbonyl (C=O) groups excluding carboxylic acids is 1. The highest BCUT2D eigenvalue weighted by atomic mass is 32.2. The fraction of sp³-hybridized carbons (Fsp3) is 0.923. The number of thioether (sulfide) groups is 1. The molecule has 2 fully saturated rings. The van der Waals surface area contributed by atoms with Crippen LogP contribution in [0.3, 0.4) is 0 Å². The molecule has 2 rings (SSSR count). The quantitative estimate of drug-likeness (QED) is 0.687. The second kappa shape index (κ2) is 6.89. The molecule has 2 atom stereocenters. The number of carbonyl (C=O) groups is 1. The topological polar surface area (TPSA) is 44.8 Å². The molecule has 2 heterocycles. The van der Waals surface area contributed by atoms with Crippen LogP contribution in [0.4, 0.5) is 0 Å². The fourth-order valence-electron chi connectivity index (χ4n) is 2.60. The van der Waals surface area contributed by atoms with Gasteiger partial charge in [0.05, 0.1) is 18.8 Å². The van der Waals surface area contributed by atoms with Gasteiger partial charge in [0.15, 0.2) is 5.78 Å². The lowest BCUT2D eigenvalue weighted by atomic mass is 9.83. The summed E-state index contributed by atoms with van der Waals surface area (Å²) in [5, 5.41) is 0. The van der Waals surface area contributed by atoms with Crippen LogP contribution in [0.1, 0.15) is 19.3 Å². The Balaban J connectivity index is 1.75. The van der Waals surface area contributed by atoms with Gasteiger partial charge in [-0.05, 0) is 25.0 Å². The van der Waals surface area contributed by atoms with E-state index in [4.69, 9.17) is 14.2 Å². The number of Topliss-reactive ketones (excluding diaryl/α,β-unsaturated/α-hetero) is 1. The Bertz CT molecular complexity index is 276. The molecule has 0 saturated carbocycles. The molecule has 18 heavy (non-hydrogen) atoms. The minimum Gasteiger partial charge on any atom is -0.382 e. The van der Waals surface area contributed by atoms with Gasteiger partial charge in [0.1, 0.15) is 6.61 Å². The number of ketones is 1. The number of hydrogen-bond acceptors (Lipinski definition) is 5. The van der Waals surface area contributed by atoms with Crippen LogP contribution in [0.15, 0.2) is 0 Å². The van der Waals surface area contributed by atoms with E-state index in [9.17, 15) is 4.79 Å². The average Bonchev–Trinajstić information content (AvgIpc) is 2.82. The first kappa shape index (κ1) is 14.3. The van der Waals surface area contributed by atoms with Crippen molar-refractivity contribution in [3.8, 4) is 0 Å². The van der Waals surface area contributed by atoms with E-state index in [1.54, 1.807) is 7.11 Å². The first-order chi connectivity index (χ1) is 8.76. The molecule has 0 aromatic heterocycles. The predicted molar refractivity (Wildman–Crippen MR) is 71.1 cm³/mol. The Morgan fingerprint density at radius 2 is 2.39 bits per heavy atom. The van der Waals surface area contributed by atoms with Crippen LogP contribution in [0.25, 0.3) is 0 Å². The van der Waals surface area contributed by atoms with Crippen molar-refractivity contribution in [1.82, 2.24) is 0 Å². The van der Waals surface area contributed by atoms with Crippen molar-refractivity contribution in [1.29, 1.82) is 0 Å². The van der Waals surface area contributed by atoms with Crippen molar-refractivity contribution >= 4 is 17.5 Å². The van der Waals surface area contributed by atoms with Crippen LogP contribution in [-0.4, -0.2) is 56.4 Å². The lowest BCUT2D eigenvalue weighted by molar-refractivity contribution is -0.138. The molecule has 5 heteroatoms. The molecule has 2 aliphatic heterocycles. The van der Waals surface area contributed by atoms with Crippen molar-refractivity contribution in [3.63, 3.8) is 0 Å². The summed E-state index contributed by atoms with van der Waals surface area (Å²) in [6, 6.07) is 0. The zero-order valence-corrected chi connectivity index (χ0v) is 11.8. The Morgan fingerprint density at radius 1 is 1.50 bits per heavy atom. The molecule has 0 aromatic carbocycles. The second-order valence-electron chi connectivity index (χ2n) is 5.04. The van der Waals surface area contributed by atoms with Gasteiger partial charge in [-0.25, -0.2) is 0 Å². The minimum atomic E-state index is -0.0181. The standard InChI is InChI=1S/C13H22O4S/c1-15-5-6-16-9-12(14)11-2-4-17-13(8-11)3-7-18-10-13/h11H,2-10H2,1H3. The summed E-state index contributed by atoms with van der Waals surface area (Å²) in [6.45, 7) is 1.97. The summed E-state index contributed by atoms with van der Waals surface area (Å²) in [5.41, 5.74) is -0.0181. The zero-order valence-electron chi connectivity index (χ0n) is 11.0. The van der Waals surface area contributed by atoms with Gasteiger partial charge in [0, 0.05) is 25.4 Å². The number of ether oxygens (including phenoxy) is 3. The molecule has 2 aliphatic rings. The van der Waals surface area contributed by atoms with E-state index in [-0.39, 0.29) is 23.9 Å². The molecular weight excluding hydrogens is 252 g/mol. The molecule has 0 radical (unpaired) electrons. The van der Waals surface area contributed by atoms with Crippen molar-refractivity contribution < 1.29 is 19.0 Å². The van der Waals surface area contributed by atoms with Gasteiger partial charge in [0.25, 0.3) is 0 Å². The van der Waals surface area contributed by atoms with E-state index in [1.165, 1.54) is 0 Å². The number of hydrogen-bond donors (Lipinski definition) is 0. The second-order valence-corrected chi connectivity index (χ2v) is 6.14. The highest BCUT2D eigenvalue weighted by Crippen LogP contribution is 2.40. The highest BCUT2D eigenvalue weighted by molar-refractivity contribution is 7.99.